The fourth-order valence-electron chi connectivity index (χ4n) is 3.68. The Labute approximate surface area is 149 Å². The zero-order chi connectivity index (χ0) is 17.5. The monoisotopic (exact) mass is 339 g/mol. The molecular weight excluding hydrogens is 322 g/mol. The molecule has 0 atom stereocenters. The molecule has 0 aliphatic carbocycles. The Morgan fingerprint density at radius 1 is 0.731 bits per heavy atom. The van der Waals surface area contributed by atoms with Crippen molar-refractivity contribution in [1.29, 1.82) is 0 Å². The summed E-state index contributed by atoms with van der Waals surface area (Å²) < 4.78 is 0. The molecule has 26 heavy (non-hydrogen) atoms. The molecule has 4 aromatic heterocycles. The van der Waals surface area contributed by atoms with Crippen LogP contribution in [0.2, 0.25) is 0 Å². The van der Waals surface area contributed by atoms with Crippen LogP contribution in [0.25, 0.3) is 21.8 Å². The van der Waals surface area contributed by atoms with Crippen molar-refractivity contribution in [2.24, 2.45) is 0 Å². The minimum atomic E-state index is 0.0721. The molecule has 0 fully saturated rings. The predicted molar refractivity (Wildman–Crippen MR) is 104 cm³/mol. The molecule has 0 unspecified atom stereocenters. The zero-order valence-corrected chi connectivity index (χ0v) is 14.0. The van der Waals surface area contributed by atoms with Crippen molar-refractivity contribution in [3.63, 3.8) is 0 Å². The van der Waals surface area contributed by atoms with Crippen LogP contribution in [0.5, 0.6) is 0 Å². The van der Waals surface area contributed by atoms with Gasteiger partial charge in [-0.3, -0.25) is 9.97 Å². The van der Waals surface area contributed by atoms with Crippen LogP contribution in [0.4, 0.5) is 5.69 Å². The van der Waals surface area contributed by atoms with Crippen molar-refractivity contribution in [1.82, 2.24) is 19.9 Å². The van der Waals surface area contributed by atoms with E-state index in [-0.39, 0.29) is 5.92 Å². The molecular formula is C21H17N5. The lowest BCUT2D eigenvalue weighted by atomic mass is 9.85. The largest absolute Gasteiger partial charge is 0.399 e. The number of anilines is 1. The highest BCUT2D eigenvalue weighted by Crippen LogP contribution is 2.39. The van der Waals surface area contributed by atoms with Crippen molar-refractivity contribution in [2.75, 3.05) is 5.73 Å². The number of hydrogen-bond donors (Lipinski definition) is 3. The third-order valence-electron chi connectivity index (χ3n) is 4.92. The lowest BCUT2D eigenvalue weighted by Gasteiger charge is -2.17. The molecule has 126 valence electrons. The molecule has 5 rings (SSSR count). The molecule has 4 heterocycles. The predicted octanol–water partition coefficient (Wildman–Crippen LogP) is 4.20. The molecule has 0 aliphatic heterocycles. The zero-order valence-electron chi connectivity index (χ0n) is 14.0. The van der Waals surface area contributed by atoms with Crippen molar-refractivity contribution in [3.05, 3.63) is 90.3 Å². The van der Waals surface area contributed by atoms with Crippen LogP contribution in [0.1, 0.15) is 22.6 Å². The maximum absolute atomic E-state index is 5.92. The van der Waals surface area contributed by atoms with Crippen LogP contribution in [-0.4, -0.2) is 19.9 Å². The average Bonchev–Trinajstić information content (AvgIpc) is 3.29. The summed E-state index contributed by atoms with van der Waals surface area (Å²) in [6.45, 7) is 0. The van der Waals surface area contributed by atoms with Gasteiger partial charge in [-0.1, -0.05) is 12.1 Å². The average molecular weight is 339 g/mol. The molecule has 0 saturated heterocycles. The number of pyridine rings is 2. The van der Waals surface area contributed by atoms with Crippen molar-refractivity contribution in [2.45, 2.75) is 5.92 Å². The molecule has 0 aliphatic rings. The molecule has 0 bridgehead atoms. The lowest BCUT2D eigenvalue weighted by molar-refractivity contribution is 0.998. The van der Waals surface area contributed by atoms with Gasteiger partial charge in [0.05, 0.1) is 23.4 Å². The first-order chi connectivity index (χ1) is 12.8. The van der Waals surface area contributed by atoms with E-state index in [1.807, 2.05) is 36.9 Å². The second-order valence-electron chi connectivity index (χ2n) is 6.43. The number of fused-ring (bicyclic) bond motifs is 2. The van der Waals surface area contributed by atoms with Gasteiger partial charge >= 0.3 is 0 Å². The Hall–Kier alpha value is -3.60. The van der Waals surface area contributed by atoms with Crippen molar-refractivity contribution >= 4 is 27.5 Å². The van der Waals surface area contributed by atoms with Gasteiger partial charge in [0.15, 0.2) is 0 Å². The summed E-state index contributed by atoms with van der Waals surface area (Å²) in [6, 6.07) is 12.2. The van der Waals surface area contributed by atoms with Gasteiger partial charge in [0, 0.05) is 47.2 Å². The number of aromatic amines is 2. The molecule has 0 spiro atoms. The van der Waals surface area contributed by atoms with Crippen molar-refractivity contribution in [3.8, 4) is 0 Å². The summed E-state index contributed by atoms with van der Waals surface area (Å²) in [5.74, 6) is 0.0721. The number of rotatable bonds is 3. The SMILES string of the molecule is Nc1ccc(C(c2c[nH]c3cnccc23)c2c[nH]c3cnccc23)cc1. The van der Waals surface area contributed by atoms with Gasteiger partial charge in [-0.25, -0.2) is 0 Å². The standard InChI is InChI=1S/C21H17N5/c22-14-3-1-13(2-4-14)21(17-9-25-19-11-23-7-5-15(17)19)18-10-26-20-12-24-8-6-16(18)20/h1-12,21,25-26H,22H2. The number of benzene rings is 1. The van der Waals surface area contributed by atoms with Crippen LogP contribution in [0, 0.1) is 0 Å². The smallest absolute Gasteiger partial charge is 0.0643 e. The van der Waals surface area contributed by atoms with Crippen LogP contribution in [0.15, 0.2) is 73.6 Å². The minimum Gasteiger partial charge on any atom is -0.399 e. The van der Waals surface area contributed by atoms with Gasteiger partial charge < -0.3 is 15.7 Å². The fraction of sp³-hybridized carbons (Fsp3) is 0.0476. The maximum Gasteiger partial charge on any atom is 0.0643 e. The van der Waals surface area contributed by atoms with Gasteiger partial charge in [-0.15, -0.1) is 0 Å². The van der Waals surface area contributed by atoms with E-state index in [1.54, 1.807) is 0 Å². The number of nitrogens with one attached hydrogen (secondary N) is 2. The minimum absolute atomic E-state index is 0.0721. The summed E-state index contributed by atoms with van der Waals surface area (Å²) >= 11 is 0. The summed E-state index contributed by atoms with van der Waals surface area (Å²) in [5, 5.41) is 2.34. The number of hydrogen-bond acceptors (Lipinski definition) is 3. The Balaban J connectivity index is 1.79. The van der Waals surface area contributed by atoms with Gasteiger partial charge in [-0.2, -0.15) is 0 Å². The fourth-order valence-corrected chi connectivity index (χ4v) is 3.68. The van der Waals surface area contributed by atoms with Gasteiger partial charge in [0.1, 0.15) is 0 Å². The molecule has 4 N–H and O–H groups in total. The molecule has 0 radical (unpaired) electrons. The highest BCUT2D eigenvalue weighted by Gasteiger charge is 2.23. The summed E-state index contributed by atoms with van der Waals surface area (Å²) in [7, 11) is 0. The molecule has 0 saturated carbocycles. The molecule has 1 aromatic carbocycles. The Morgan fingerprint density at radius 3 is 1.81 bits per heavy atom. The Morgan fingerprint density at radius 2 is 1.27 bits per heavy atom. The van der Waals surface area contributed by atoms with Crippen LogP contribution in [-0.2, 0) is 0 Å². The quantitative estimate of drug-likeness (QED) is 0.431. The number of H-pyrrole nitrogens is 2. The molecule has 0 amide bonds. The first-order valence-corrected chi connectivity index (χ1v) is 8.48. The maximum atomic E-state index is 5.92. The normalized spacial score (nSPS) is 11.6. The Bertz CT molecular complexity index is 1130. The third-order valence-corrected chi connectivity index (χ3v) is 4.92. The van der Waals surface area contributed by atoms with Crippen LogP contribution >= 0.6 is 0 Å². The van der Waals surface area contributed by atoms with Gasteiger partial charge in [0.2, 0.25) is 0 Å². The third kappa shape index (κ3) is 2.25. The number of nitrogens with zero attached hydrogens (tertiary/aromatic N) is 2. The molecule has 5 aromatic rings. The first kappa shape index (κ1) is 14.7. The van der Waals surface area contributed by atoms with Crippen LogP contribution in [0.3, 0.4) is 0 Å². The topological polar surface area (TPSA) is 83.4 Å². The second kappa shape index (κ2) is 5.74. The van der Waals surface area contributed by atoms with E-state index >= 15 is 0 Å². The van der Waals surface area contributed by atoms with E-state index in [0.29, 0.717) is 0 Å². The van der Waals surface area contributed by atoms with E-state index in [4.69, 9.17) is 5.73 Å². The lowest BCUT2D eigenvalue weighted by Crippen LogP contribution is -2.02. The molecule has 5 nitrogen and oxygen atoms in total. The first-order valence-electron chi connectivity index (χ1n) is 8.48. The highest BCUT2D eigenvalue weighted by atomic mass is 14.7. The van der Waals surface area contributed by atoms with E-state index in [9.17, 15) is 0 Å². The van der Waals surface area contributed by atoms with Gasteiger partial charge in [0.25, 0.3) is 0 Å². The van der Waals surface area contributed by atoms with Crippen LogP contribution < -0.4 is 5.73 Å². The van der Waals surface area contributed by atoms with E-state index in [1.165, 1.54) is 27.5 Å². The second-order valence-corrected chi connectivity index (χ2v) is 6.43. The summed E-state index contributed by atoms with van der Waals surface area (Å²) in [6.07, 6.45) is 11.5. The summed E-state index contributed by atoms with van der Waals surface area (Å²) in [4.78, 5) is 15.1. The Kier molecular flexibility index (Phi) is 3.25. The highest BCUT2D eigenvalue weighted by molar-refractivity contribution is 5.88. The number of nitrogen functional groups attached to an aromatic ring is 1. The number of nitrogens with two attached hydrogens (primary N) is 1. The van der Waals surface area contributed by atoms with E-state index in [0.717, 1.165) is 16.7 Å². The van der Waals surface area contributed by atoms with E-state index in [2.05, 4.69) is 56.6 Å². The van der Waals surface area contributed by atoms with Crippen molar-refractivity contribution < 1.29 is 0 Å². The number of aromatic nitrogens is 4. The van der Waals surface area contributed by atoms with E-state index < -0.39 is 0 Å². The van der Waals surface area contributed by atoms with Gasteiger partial charge in [-0.05, 0) is 41.0 Å². The summed E-state index contributed by atoms with van der Waals surface area (Å²) in [5.41, 5.74) is 12.4. The molecule has 5 heteroatoms.